The van der Waals surface area contributed by atoms with Gasteiger partial charge in [-0.25, -0.2) is 4.99 Å². The molecule has 4 rings (SSSR count). The summed E-state index contributed by atoms with van der Waals surface area (Å²) in [5.41, 5.74) is -2.48. The predicted molar refractivity (Wildman–Crippen MR) is 201 cm³/mol. The number of carbonyl (C=O) groups excluding carboxylic acids is 3. The first kappa shape index (κ1) is 43.6. The number of amides is 1. The third-order valence-corrected chi connectivity index (χ3v) is 11.1. The van der Waals surface area contributed by atoms with Gasteiger partial charge >= 0.3 is 5.97 Å². The van der Waals surface area contributed by atoms with Crippen molar-refractivity contribution in [2.45, 2.75) is 136 Å². The fraction of sp³-hybridized carbons (Fsp3) is 0.725. The topological polar surface area (TPSA) is 175 Å². The highest BCUT2D eigenvalue weighted by molar-refractivity contribution is 6.00. The Morgan fingerprint density at radius 2 is 1.70 bits per heavy atom. The third kappa shape index (κ3) is 10.00. The van der Waals surface area contributed by atoms with Crippen LogP contribution in [0.15, 0.2) is 40.5 Å². The number of aliphatic hydroxyl groups excluding tert-OH is 1. The van der Waals surface area contributed by atoms with Gasteiger partial charge in [0.15, 0.2) is 17.8 Å². The molecule has 0 aliphatic carbocycles. The number of hydrogen-bond donors (Lipinski definition) is 2. The molecule has 0 spiro atoms. The number of rotatable bonds is 6. The summed E-state index contributed by atoms with van der Waals surface area (Å²) in [6.07, 6.45) is -4.98. The quantitative estimate of drug-likeness (QED) is 0.243. The molecule has 1 aromatic rings. The maximum Gasteiger partial charge on any atom is 0.316 e. The number of ether oxygens (including phenoxy) is 5. The number of cyclic esters (lactones) is 1. The third-order valence-electron chi connectivity index (χ3n) is 11.1. The van der Waals surface area contributed by atoms with E-state index in [2.05, 4.69) is 10.1 Å². The number of carbonyl (C=O) groups is 3. The van der Waals surface area contributed by atoms with Crippen LogP contribution in [0.4, 0.5) is 0 Å². The smallest absolute Gasteiger partial charge is 0.316 e. The van der Waals surface area contributed by atoms with E-state index in [1.54, 1.807) is 32.9 Å². The van der Waals surface area contributed by atoms with Gasteiger partial charge in [0.05, 0.1) is 37.1 Å². The van der Waals surface area contributed by atoms with Crippen molar-refractivity contribution in [3.8, 4) is 5.75 Å². The van der Waals surface area contributed by atoms with Crippen LogP contribution in [0.1, 0.15) is 81.6 Å². The Bertz CT molecular complexity index is 1520. The first-order chi connectivity index (χ1) is 25.3. The minimum absolute atomic E-state index is 0.152. The Kier molecular flexibility index (Phi) is 14.7. The number of hydrogen-bond acceptors (Lipinski definition) is 13. The zero-order valence-corrected chi connectivity index (χ0v) is 33.7. The predicted octanol–water partition coefficient (Wildman–Crippen LogP) is 3.98. The van der Waals surface area contributed by atoms with Gasteiger partial charge in [-0.15, -0.1) is 0 Å². The van der Waals surface area contributed by atoms with Gasteiger partial charge in [0.1, 0.15) is 29.4 Å². The number of Topliss-reactive ketones (excluding diaryl/α,β-unsaturated/α-hetero) is 1. The van der Waals surface area contributed by atoms with Crippen LogP contribution in [-0.2, 0) is 38.1 Å². The van der Waals surface area contributed by atoms with Crippen LogP contribution in [0.3, 0.4) is 0 Å². The number of oxime groups is 1. The maximum atomic E-state index is 14.4. The number of aliphatic imine (C=N–C) groups is 1. The Morgan fingerprint density at radius 3 is 2.31 bits per heavy atom. The molecule has 14 heteroatoms. The van der Waals surface area contributed by atoms with Crippen molar-refractivity contribution >= 4 is 29.1 Å². The highest BCUT2D eigenvalue weighted by Crippen LogP contribution is 2.40. The summed E-state index contributed by atoms with van der Waals surface area (Å²) in [7, 11) is 3.73. The van der Waals surface area contributed by atoms with Crippen molar-refractivity contribution in [3.63, 3.8) is 0 Å². The lowest BCUT2D eigenvalue weighted by Crippen LogP contribution is -2.60. The van der Waals surface area contributed by atoms with Crippen LogP contribution in [0.25, 0.3) is 0 Å². The summed E-state index contributed by atoms with van der Waals surface area (Å²) in [4.78, 5) is 53.1. The Morgan fingerprint density at radius 1 is 1.04 bits per heavy atom. The molecule has 2 bridgehead atoms. The number of fused-ring (bicyclic) bond motifs is 5. The molecule has 3 aliphatic heterocycles. The number of nitrogens with zero attached hydrogens (tertiary/aromatic N) is 3. The number of benzene rings is 1. The summed E-state index contributed by atoms with van der Waals surface area (Å²) in [6, 6.07) is 8.64. The molecule has 3 fully saturated rings. The maximum absolute atomic E-state index is 14.4. The second-order valence-corrected chi connectivity index (χ2v) is 15.9. The number of para-hydroxylation sites is 1. The van der Waals surface area contributed by atoms with Crippen molar-refractivity contribution < 1.29 is 53.1 Å². The van der Waals surface area contributed by atoms with E-state index in [-0.39, 0.29) is 38.2 Å². The van der Waals surface area contributed by atoms with Gasteiger partial charge in [0.25, 0.3) is 0 Å². The van der Waals surface area contributed by atoms with Crippen molar-refractivity contribution in [1.82, 2.24) is 4.90 Å². The summed E-state index contributed by atoms with van der Waals surface area (Å²) < 4.78 is 32.3. The van der Waals surface area contributed by atoms with Gasteiger partial charge in [-0.05, 0) is 79.1 Å². The van der Waals surface area contributed by atoms with Gasteiger partial charge in [0.2, 0.25) is 5.91 Å². The summed E-state index contributed by atoms with van der Waals surface area (Å²) in [5.74, 6) is -4.76. The fourth-order valence-corrected chi connectivity index (χ4v) is 8.20. The van der Waals surface area contributed by atoms with Crippen LogP contribution in [0.2, 0.25) is 0 Å². The van der Waals surface area contributed by atoms with E-state index in [1.165, 1.54) is 20.8 Å². The zero-order valence-electron chi connectivity index (χ0n) is 33.7. The molecular formula is C40H61N3O11. The average Bonchev–Trinajstić information content (AvgIpc) is 3.13. The zero-order chi connectivity index (χ0) is 40.1. The number of likely N-dealkylation sites (N-methyl/N-ethyl adjacent to an activating group) is 1. The van der Waals surface area contributed by atoms with E-state index < -0.39 is 83.2 Å². The van der Waals surface area contributed by atoms with Crippen molar-refractivity contribution in [2.75, 3.05) is 27.3 Å². The van der Waals surface area contributed by atoms with Crippen LogP contribution in [0, 0.1) is 23.7 Å². The lowest BCUT2D eigenvalue weighted by atomic mass is 9.73. The molecule has 54 heavy (non-hydrogen) atoms. The fourth-order valence-electron chi connectivity index (χ4n) is 8.20. The van der Waals surface area contributed by atoms with Crippen LogP contribution in [-0.4, -0.2) is 126 Å². The molecule has 2 N–H and O–H groups in total. The van der Waals surface area contributed by atoms with Crippen LogP contribution >= 0.6 is 0 Å². The normalized spacial score (nSPS) is 40.4. The molecule has 1 aromatic carbocycles. The Labute approximate surface area is 319 Å². The van der Waals surface area contributed by atoms with Crippen LogP contribution < -0.4 is 4.84 Å². The van der Waals surface area contributed by atoms with Crippen molar-refractivity contribution in [1.29, 1.82) is 0 Å². The van der Waals surface area contributed by atoms with Gasteiger partial charge < -0.3 is 43.6 Å². The van der Waals surface area contributed by atoms with E-state index in [9.17, 15) is 24.6 Å². The minimum atomic E-state index is -1.83. The van der Waals surface area contributed by atoms with E-state index in [4.69, 9.17) is 28.5 Å². The van der Waals surface area contributed by atoms with E-state index in [0.29, 0.717) is 23.6 Å². The van der Waals surface area contributed by atoms with Gasteiger partial charge in [-0.3, -0.25) is 14.4 Å². The molecule has 0 aromatic heterocycles. The van der Waals surface area contributed by atoms with Crippen molar-refractivity contribution in [2.24, 2.45) is 33.8 Å². The Hall–Kier alpha value is -3.11. The van der Waals surface area contributed by atoms with E-state index in [0.717, 1.165) is 0 Å². The average molecular weight is 760 g/mol. The molecule has 0 saturated carbocycles. The van der Waals surface area contributed by atoms with Crippen LogP contribution in [0.5, 0.6) is 5.75 Å². The van der Waals surface area contributed by atoms with Gasteiger partial charge in [-0.1, -0.05) is 51.0 Å². The molecular weight excluding hydrogens is 698 g/mol. The lowest BCUT2D eigenvalue weighted by Gasteiger charge is -2.47. The summed E-state index contributed by atoms with van der Waals surface area (Å²) >= 11 is 0. The standard InChI is InChI=1S/C40H61N3O11/c1-12-31-40(9,48)36-24(4)32(41-27(7)44)22(2)19-39(8,50-21-28(20-49-36)42-54-29-16-14-13-15-17-29)35(25(5)33(45)26(6)37(47)52-31)53-38-34(46)30(43(10)11)18-23(3)51-38/h13-17,22-26,30-31,34-36,38,46,48H,12,18-21H2,1-11H3/b41-32?,42-28+/t22-,23-,24+,25+,26-,30+,31-,34-,35-,36-,38+,39-,40-/m1/s1. The van der Waals surface area contributed by atoms with Gasteiger partial charge in [-0.2, -0.15) is 0 Å². The van der Waals surface area contributed by atoms with Crippen molar-refractivity contribution in [3.05, 3.63) is 30.3 Å². The summed E-state index contributed by atoms with van der Waals surface area (Å²) in [6.45, 7) is 14.8. The number of ketones is 1. The molecule has 3 aliphatic rings. The highest BCUT2D eigenvalue weighted by atomic mass is 16.7. The second-order valence-electron chi connectivity index (χ2n) is 15.9. The molecule has 0 radical (unpaired) electrons. The minimum Gasteiger partial charge on any atom is -0.459 e. The summed E-state index contributed by atoms with van der Waals surface area (Å²) in [5, 5.41) is 28.3. The first-order valence-electron chi connectivity index (χ1n) is 19.0. The SMILES string of the molecule is CC[C@H]1OC(=O)[C@H](C)C(=O)[C@H](C)[C@@H](O[C@@H]2O[C@H](C)C[C@H](N(C)C)[C@H]2O)[C@@]2(C)C[C@@H](C)C(=NC(C)=O)[C@H](C)[C@@H](OC/C(=N\Oc3ccccc3)CO2)[C@]1(C)O. The molecule has 14 nitrogen and oxygen atoms in total. The Balaban J connectivity index is 1.97. The molecule has 302 valence electrons. The molecule has 3 saturated heterocycles. The molecule has 1 amide bonds. The van der Waals surface area contributed by atoms with Gasteiger partial charge in [0, 0.05) is 30.5 Å². The lowest BCUT2D eigenvalue weighted by molar-refractivity contribution is -0.296. The molecule has 13 atom stereocenters. The largest absolute Gasteiger partial charge is 0.459 e. The number of aliphatic hydroxyl groups is 2. The second kappa shape index (κ2) is 18.2. The first-order valence-corrected chi connectivity index (χ1v) is 19.0. The number of esters is 1. The molecule has 0 unspecified atom stereocenters. The van der Waals surface area contributed by atoms with E-state index in [1.807, 2.05) is 58.0 Å². The monoisotopic (exact) mass is 759 g/mol. The van der Waals surface area contributed by atoms with E-state index >= 15 is 0 Å². The highest BCUT2D eigenvalue weighted by Gasteiger charge is 2.53. The molecule has 3 heterocycles.